The van der Waals surface area contributed by atoms with Gasteiger partial charge in [0.2, 0.25) is 11.8 Å². The topological polar surface area (TPSA) is 49.4 Å². The van der Waals surface area contributed by atoms with Crippen LogP contribution in [0.4, 0.5) is 0 Å². The second-order valence-electron chi connectivity index (χ2n) is 9.73. The Balaban J connectivity index is 1.68. The summed E-state index contributed by atoms with van der Waals surface area (Å²) in [5, 5.41) is 6.20. The predicted octanol–water partition coefficient (Wildman–Crippen LogP) is 7.24. The predicted molar refractivity (Wildman–Crippen MR) is 156 cm³/mol. The largest absolute Gasteiger partial charge is 0.352 e. The SMILES string of the molecule is CC(C)NC(=O)[C@@H](Cc1ccccc1)N(Cc1c(Cl)cccc1Cl)C(=O)CCc1cccc2ccccc12. The Morgan fingerprint density at radius 2 is 1.45 bits per heavy atom. The minimum atomic E-state index is -0.729. The average molecular weight is 548 g/mol. The van der Waals surface area contributed by atoms with E-state index in [1.165, 1.54) is 0 Å². The van der Waals surface area contributed by atoms with Gasteiger partial charge in [-0.15, -0.1) is 0 Å². The molecule has 2 amide bonds. The van der Waals surface area contributed by atoms with Crippen molar-refractivity contribution in [2.75, 3.05) is 0 Å². The van der Waals surface area contributed by atoms with E-state index in [0.29, 0.717) is 28.5 Å². The van der Waals surface area contributed by atoms with Gasteiger partial charge in [0.05, 0.1) is 0 Å². The maximum atomic E-state index is 14.0. The van der Waals surface area contributed by atoms with Crippen LogP contribution in [0.5, 0.6) is 0 Å². The number of halogens is 2. The van der Waals surface area contributed by atoms with Crippen LogP contribution in [0.15, 0.2) is 91.0 Å². The number of rotatable bonds is 10. The molecule has 0 aliphatic rings. The number of amides is 2. The van der Waals surface area contributed by atoms with Gasteiger partial charge in [-0.3, -0.25) is 9.59 Å². The minimum absolute atomic E-state index is 0.0719. The van der Waals surface area contributed by atoms with E-state index in [0.717, 1.165) is 21.9 Å². The van der Waals surface area contributed by atoms with Crippen molar-refractivity contribution >= 4 is 45.8 Å². The molecule has 0 aromatic heterocycles. The Morgan fingerprint density at radius 3 is 2.16 bits per heavy atom. The molecule has 0 radical (unpaired) electrons. The Hall–Kier alpha value is -3.34. The van der Waals surface area contributed by atoms with E-state index < -0.39 is 6.04 Å². The molecule has 0 fully saturated rings. The van der Waals surface area contributed by atoms with E-state index in [1.807, 2.05) is 62.4 Å². The lowest BCUT2D eigenvalue weighted by atomic mass is 9.99. The lowest BCUT2D eigenvalue weighted by molar-refractivity contribution is -0.141. The van der Waals surface area contributed by atoms with Crippen molar-refractivity contribution in [2.24, 2.45) is 0 Å². The van der Waals surface area contributed by atoms with Crippen LogP contribution in [0.3, 0.4) is 0 Å². The smallest absolute Gasteiger partial charge is 0.243 e. The summed E-state index contributed by atoms with van der Waals surface area (Å²) >= 11 is 13.0. The van der Waals surface area contributed by atoms with Gasteiger partial charge in [0.1, 0.15) is 6.04 Å². The number of fused-ring (bicyclic) bond motifs is 1. The third kappa shape index (κ3) is 6.94. The van der Waals surface area contributed by atoms with Gasteiger partial charge < -0.3 is 10.2 Å². The average Bonchev–Trinajstić information content (AvgIpc) is 2.91. The molecule has 196 valence electrons. The first-order valence-corrected chi connectivity index (χ1v) is 13.6. The zero-order valence-electron chi connectivity index (χ0n) is 21.7. The van der Waals surface area contributed by atoms with Gasteiger partial charge >= 0.3 is 0 Å². The summed E-state index contributed by atoms with van der Waals surface area (Å²) in [5.74, 6) is -0.334. The minimum Gasteiger partial charge on any atom is -0.352 e. The zero-order valence-corrected chi connectivity index (χ0v) is 23.2. The number of carbonyl (C=O) groups excluding carboxylic acids is 2. The van der Waals surface area contributed by atoms with Crippen LogP contribution in [-0.2, 0) is 29.0 Å². The third-order valence-electron chi connectivity index (χ3n) is 6.58. The molecular formula is C32H32Cl2N2O2. The van der Waals surface area contributed by atoms with Crippen LogP contribution in [0, 0.1) is 0 Å². The highest BCUT2D eigenvalue weighted by Gasteiger charge is 2.31. The lowest BCUT2D eigenvalue weighted by Crippen LogP contribution is -2.51. The molecule has 0 aliphatic heterocycles. The second-order valence-corrected chi connectivity index (χ2v) is 10.5. The molecule has 0 unspecified atom stereocenters. The summed E-state index contributed by atoms with van der Waals surface area (Å²) in [4.78, 5) is 29.1. The molecule has 38 heavy (non-hydrogen) atoms. The molecule has 0 aliphatic carbocycles. The molecule has 0 bridgehead atoms. The molecule has 1 atom stereocenters. The summed E-state index contributed by atoms with van der Waals surface area (Å²) in [6.07, 6.45) is 1.18. The van der Waals surface area contributed by atoms with E-state index in [-0.39, 0.29) is 30.8 Å². The maximum absolute atomic E-state index is 14.0. The van der Waals surface area contributed by atoms with Crippen LogP contribution in [0.2, 0.25) is 10.0 Å². The fraction of sp³-hybridized carbons (Fsp3) is 0.250. The number of benzene rings is 4. The van der Waals surface area contributed by atoms with Gasteiger partial charge in [-0.25, -0.2) is 0 Å². The molecular weight excluding hydrogens is 515 g/mol. The summed E-state index contributed by atoms with van der Waals surface area (Å²) in [5.41, 5.74) is 2.69. The van der Waals surface area contributed by atoms with Crippen molar-refractivity contribution in [1.82, 2.24) is 10.2 Å². The molecule has 4 aromatic rings. The van der Waals surface area contributed by atoms with Gasteiger partial charge in [-0.1, -0.05) is 102 Å². The van der Waals surface area contributed by atoms with Crippen LogP contribution in [0.1, 0.15) is 37.0 Å². The quantitative estimate of drug-likeness (QED) is 0.228. The maximum Gasteiger partial charge on any atom is 0.243 e. The molecule has 4 rings (SSSR count). The number of hydrogen-bond donors (Lipinski definition) is 1. The molecule has 0 saturated carbocycles. The monoisotopic (exact) mass is 546 g/mol. The van der Waals surface area contributed by atoms with Crippen LogP contribution in [-0.4, -0.2) is 28.8 Å². The van der Waals surface area contributed by atoms with Crippen molar-refractivity contribution in [3.8, 4) is 0 Å². The summed E-state index contributed by atoms with van der Waals surface area (Å²) in [7, 11) is 0. The highest BCUT2D eigenvalue weighted by molar-refractivity contribution is 6.36. The zero-order chi connectivity index (χ0) is 27.1. The molecule has 4 nitrogen and oxygen atoms in total. The summed E-state index contributed by atoms with van der Waals surface area (Å²) in [6.45, 7) is 3.96. The first-order chi connectivity index (χ1) is 18.3. The normalized spacial score (nSPS) is 11.9. The van der Waals surface area contributed by atoms with Crippen molar-refractivity contribution in [3.63, 3.8) is 0 Å². The highest BCUT2D eigenvalue weighted by Crippen LogP contribution is 2.28. The fourth-order valence-corrected chi connectivity index (χ4v) is 5.20. The van der Waals surface area contributed by atoms with E-state index in [1.54, 1.807) is 23.1 Å². The third-order valence-corrected chi connectivity index (χ3v) is 7.29. The Morgan fingerprint density at radius 1 is 0.816 bits per heavy atom. The first kappa shape index (κ1) is 27.7. The fourth-order valence-electron chi connectivity index (χ4n) is 4.68. The Labute approximate surface area is 234 Å². The molecule has 0 heterocycles. The number of hydrogen-bond acceptors (Lipinski definition) is 2. The second kappa shape index (κ2) is 12.9. The summed E-state index contributed by atoms with van der Waals surface area (Å²) in [6, 6.07) is 28.5. The van der Waals surface area contributed by atoms with E-state index >= 15 is 0 Å². The van der Waals surface area contributed by atoms with Crippen LogP contribution >= 0.6 is 23.2 Å². The number of nitrogens with one attached hydrogen (secondary N) is 1. The highest BCUT2D eigenvalue weighted by atomic mass is 35.5. The van der Waals surface area contributed by atoms with Crippen molar-refractivity contribution < 1.29 is 9.59 Å². The van der Waals surface area contributed by atoms with Gasteiger partial charge in [0.25, 0.3) is 0 Å². The standard InChI is InChI=1S/C32H32Cl2N2O2/c1-22(2)35-32(38)30(20-23-10-4-3-5-11-23)36(21-27-28(33)16-9-17-29(27)34)31(37)19-18-25-14-8-13-24-12-6-7-15-26(24)25/h3-17,22,30H,18-21H2,1-2H3,(H,35,38)/t30-/m1/s1. The number of aryl methyl sites for hydroxylation is 1. The van der Waals surface area contributed by atoms with E-state index in [4.69, 9.17) is 23.2 Å². The van der Waals surface area contributed by atoms with Gasteiger partial charge in [0.15, 0.2) is 0 Å². The molecule has 0 saturated heterocycles. The first-order valence-electron chi connectivity index (χ1n) is 12.9. The number of nitrogens with zero attached hydrogens (tertiary/aromatic N) is 1. The molecule has 1 N–H and O–H groups in total. The Kier molecular flexibility index (Phi) is 9.43. The van der Waals surface area contributed by atoms with E-state index in [9.17, 15) is 9.59 Å². The van der Waals surface area contributed by atoms with Gasteiger partial charge in [-0.05, 0) is 54.3 Å². The van der Waals surface area contributed by atoms with Crippen LogP contribution in [0.25, 0.3) is 10.8 Å². The van der Waals surface area contributed by atoms with Crippen molar-refractivity contribution in [1.29, 1.82) is 0 Å². The molecule has 0 spiro atoms. The lowest BCUT2D eigenvalue weighted by Gasteiger charge is -2.32. The van der Waals surface area contributed by atoms with Gasteiger partial charge in [0, 0.05) is 41.0 Å². The van der Waals surface area contributed by atoms with E-state index in [2.05, 4.69) is 29.6 Å². The Bertz CT molecular complexity index is 1380. The van der Waals surface area contributed by atoms with Crippen molar-refractivity contribution in [3.05, 3.63) is 118 Å². The summed E-state index contributed by atoms with van der Waals surface area (Å²) < 4.78 is 0. The molecule has 4 aromatic carbocycles. The molecule has 6 heteroatoms. The van der Waals surface area contributed by atoms with Crippen LogP contribution < -0.4 is 5.32 Å². The van der Waals surface area contributed by atoms with Gasteiger partial charge in [-0.2, -0.15) is 0 Å². The van der Waals surface area contributed by atoms with Crippen molar-refractivity contribution in [2.45, 2.75) is 51.7 Å². The number of carbonyl (C=O) groups is 2.